The first kappa shape index (κ1) is 13.4. The molecule has 3 heterocycles. The van der Waals surface area contributed by atoms with Crippen LogP contribution in [-0.4, -0.2) is 24.7 Å². The molecule has 0 fully saturated rings. The SMILES string of the molecule is Cc1cc2c(Sc3ncn(-c4ccccc4)n3)ncnc2s1. The topological polar surface area (TPSA) is 56.5 Å². The molecule has 4 rings (SSSR count). The van der Waals surface area contributed by atoms with Crippen LogP contribution in [0.1, 0.15) is 4.88 Å². The second-order valence-electron chi connectivity index (χ2n) is 4.66. The summed E-state index contributed by atoms with van der Waals surface area (Å²) in [6, 6.07) is 12.0. The molecule has 0 atom stereocenters. The Morgan fingerprint density at radius 1 is 1.09 bits per heavy atom. The maximum Gasteiger partial charge on any atom is 0.215 e. The smallest absolute Gasteiger partial charge is 0.215 e. The highest BCUT2D eigenvalue weighted by molar-refractivity contribution is 7.99. The van der Waals surface area contributed by atoms with Gasteiger partial charge in [-0.05, 0) is 36.9 Å². The van der Waals surface area contributed by atoms with Crippen molar-refractivity contribution in [3.8, 4) is 5.69 Å². The molecule has 5 nitrogen and oxygen atoms in total. The lowest BCUT2D eigenvalue weighted by Crippen LogP contribution is -1.93. The van der Waals surface area contributed by atoms with Crippen molar-refractivity contribution in [3.63, 3.8) is 0 Å². The molecule has 22 heavy (non-hydrogen) atoms. The van der Waals surface area contributed by atoms with E-state index in [1.165, 1.54) is 16.6 Å². The molecule has 0 N–H and O–H groups in total. The van der Waals surface area contributed by atoms with Crippen LogP contribution in [0.15, 0.2) is 59.2 Å². The van der Waals surface area contributed by atoms with Gasteiger partial charge in [-0.3, -0.25) is 0 Å². The third kappa shape index (κ3) is 2.49. The third-order valence-corrected chi connectivity index (χ3v) is 4.94. The quantitative estimate of drug-likeness (QED) is 0.537. The van der Waals surface area contributed by atoms with Crippen LogP contribution in [-0.2, 0) is 0 Å². The van der Waals surface area contributed by atoms with Crippen LogP contribution in [0.25, 0.3) is 15.9 Å². The van der Waals surface area contributed by atoms with Gasteiger partial charge in [0.05, 0.1) is 5.69 Å². The van der Waals surface area contributed by atoms with Crippen LogP contribution in [0.3, 0.4) is 0 Å². The largest absolute Gasteiger partial charge is 0.229 e. The predicted octanol–water partition coefficient (Wildman–Crippen LogP) is 3.73. The molecule has 0 aliphatic carbocycles. The van der Waals surface area contributed by atoms with Crippen molar-refractivity contribution in [3.05, 3.63) is 53.9 Å². The summed E-state index contributed by atoms with van der Waals surface area (Å²) in [5.41, 5.74) is 0.987. The van der Waals surface area contributed by atoms with Gasteiger partial charge < -0.3 is 0 Å². The van der Waals surface area contributed by atoms with Crippen LogP contribution in [0.2, 0.25) is 0 Å². The first-order valence-corrected chi connectivity index (χ1v) is 8.29. The van der Waals surface area contributed by atoms with Gasteiger partial charge in [-0.1, -0.05) is 18.2 Å². The maximum atomic E-state index is 4.50. The Kier molecular flexibility index (Phi) is 3.36. The normalized spacial score (nSPS) is 11.1. The van der Waals surface area contributed by atoms with Crippen LogP contribution in [0.4, 0.5) is 0 Å². The molecule has 0 spiro atoms. The van der Waals surface area contributed by atoms with Crippen LogP contribution in [0.5, 0.6) is 0 Å². The standard InChI is InChI=1S/C15H11N5S2/c1-10-7-12-13(21-10)16-8-17-14(12)22-15-18-9-20(19-15)11-5-3-2-4-6-11/h2-9H,1H3. The number of aryl methyl sites for hydroxylation is 1. The first-order valence-electron chi connectivity index (χ1n) is 6.66. The number of hydrogen-bond acceptors (Lipinski definition) is 6. The minimum Gasteiger partial charge on any atom is -0.229 e. The van der Waals surface area contributed by atoms with Gasteiger partial charge in [0.25, 0.3) is 0 Å². The second kappa shape index (κ2) is 5.51. The van der Waals surface area contributed by atoms with E-state index in [1.54, 1.807) is 28.7 Å². The lowest BCUT2D eigenvalue weighted by molar-refractivity contribution is 0.834. The Labute approximate surface area is 135 Å². The molecular formula is C15H11N5S2. The van der Waals surface area contributed by atoms with E-state index >= 15 is 0 Å². The van der Waals surface area contributed by atoms with Gasteiger partial charge in [0.15, 0.2) is 0 Å². The zero-order chi connectivity index (χ0) is 14.9. The van der Waals surface area contributed by atoms with Gasteiger partial charge in [0.1, 0.15) is 22.5 Å². The summed E-state index contributed by atoms with van der Waals surface area (Å²) >= 11 is 3.13. The van der Waals surface area contributed by atoms with Gasteiger partial charge in [-0.2, -0.15) is 0 Å². The highest BCUT2D eigenvalue weighted by atomic mass is 32.2. The fraction of sp³-hybridized carbons (Fsp3) is 0.0667. The molecule has 0 radical (unpaired) electrons. The Morgan fingerprint density at radius 2 is 1.95 bits per heavy atom. The summed E-state index contributed by atoms with van der Waals surface area (Å²) < 4.78 is 1.76. The monoisotopic (exact) mass is 325 g/mol. The minimum atomic E-state index is 0.674. The molecule has 4 aromatic rings. The summed E-state index contributed by atoms with van der Waals surface area (Å²) in [7, 11) is 0. The molecule has 1 aromatic carbocycles. The van der Waals surface area contributed by atoms with Gasteiger partial charge in [0.2, 0.25) is 5.16 Å². The number of para-hydroxylation sites is 1. The predicted molar refractivity (Wildman–Crippen MR) is 87.6 cm³/mol. The summed E-state index contributed by atoms with van der Waals surface area (Å²) in [4.78, 5) is 15.3. The van der Waals surface area contributed by atoms with Gasteiger partial charge >= 0.3 is 0 Å². The van der Waals surface area contributed by atoms with E-state index in [-0.39, 0.29) is 0 Å². The number of thiophene rings is 1. The maximum absolute atomic E-state index is 4.50. The van der Waals surface area contributed by atoms with E-state index < -0.39 is 0 Å². The van der Waals surface area contributed by atoms with Crippen molar-refractivity contribution in [2.24, 2.45) is 0 Å². The number of benzene rings is 1. The van der Waals surface area contributed by atoms with Gasteiger partial charge in [0, 0.05) is 10.3 Å². The van der Waals surface area contributed by atoms with Crippen molar-refractivity contribution in [2.75, 3.05) is 0 Å². The Morgan fingerprint density at radius 3 is 2.82 bits per heavy atom. The van der Waals surface area contributed by atoms with E-state index in [0.717, 1.165) is 20.9 Å². The third-order valence-electron chi connectivity index (χ3n) is 3.10. The van der Waals surface area contributed by atoms with E-state index in [9.17, 15) is 0 Å². The van der Waals surface area contributed by atoms with Crippen LogP contribution < -0.4 is 0 Å². The highest BCUT2D eigenvalue weighted by Crippen LogP contribution is 2.32. The summed E-state index contributed by atoms with van der Waals surface area (Å²) in [6.07, 6.45) is 3.31. The van der Waals surface area contributed by atoms with E-state index in [4.69, 9.17) is 0 Å². The molecule has 3 aromatic heterocycles. The van der Waals surface area contributed by atoms with E-state index in [2.05, 4.69) is 33.0 Å². The van der Waals surface area contributed by atoms with Crippen molar-refractivity contribution in [1.29, 1.82) is 0 Å². The summed E-state index contributed by atoms with van der Waals surface area (Å²) in [5, 5.41) is 7.12. The Balaban J connectivity index is 1.67. The Bertz CT molecular complexity index is 929. The number of hydrogen-bond donors (Lipinski definition) is 0. The van der Waals surface area contributed by atoms with Crippen molar-refractivity contribution in [2.45, 2.75) is 17.1 Å². The van der Waals surface area contributed by atoms with Gasteiger partial charge in [-0.25, -0.2) is 19.6 Å². The van der Waals surface area contributed by atoms with E-state index in [1.807, 2.05) is 30.3 Å². The molecular weight excluding hydrogens is 314 g/mol. The average Bonchev–Trinajstić information content (AvgIpc) is 3.14. The minimum absolute atomic E-state index is 0.674. The van der Waals surface area contributed by atoms with Crippen LogP contribution >= 0.6 is 23.1 Å². The molecule has 0 bridgehead atoms. The summed E-state index contributed by atoms with van der Waals surface area (Å²) in [5.74, 6) is 0. The molecule has 108 valence electrons. The van der Waals surface area contributed by atoms with Crippen molar-refractivity contribution < 1.29 is 0 Å². The molecule has 0 aliphatic rings. The molecule has 7 heteroatoms. The fourth-order valence-electron chi connectivity index (χ4n) is 2.12. The zero-order valence-corrected chi connectivity index (χ0v) is 13.3. The first-order chi connectivity index (χ1) is 10.8. The lowest BCUT2D eigenvalue weighted by Gasteiger charge is -1.99. The summed E-state index contributed by atoms with van der Waals surface area (Å²) in [6.45, 7) is 2.07. The number of fused-ring (bicyclic) bond motifs is 1. The van der Waals surface area contributed by atoms with Crippen molar-refractivity contribution >= 4 is 33.3 Å². The van der Waals surface area contributed by atoms with Gasteiger partial charge in [-0.15, -0.1) is 16.4 Å². The zero-order valence-electron chi connectivity index (χ0n) is 11.7. The molecule has 0 saturated heterocycles. The Hall–Kier alpha value is -2.25. The molecule has 0 unspecified atom stereocenters. The fourth-order valence-corrected chi connectivity index (χ4v) is 3.80. The number of rotatable bonds is 3. The molecule has 0 amide bonds. The number of nitrogens with zero attached hydrogens (tertiary/aromatic N) is 5. The average molecular weight is 325 g/mol. The lowest BCUT2D eigenvalue weighted by atomic mass is 10.3. The van der Waals surface area contributed by atoms with E-state index in [0.29, 0.717) is 5.16 Å². The van der Waals surface area contributed by atoms with Crippen LogP contribution in [0, 0.1) is 6.92 Å². The second-order valence-corrected chi connectivity index (χ2v) is 6.85. The number of aromatic nitrogens is 5. The molecule has 0 saturated carbocycles. The molecule has 0 aliphatic heterocycles. The van der Waals surface area contributed by atoms with Crippen molar-refractivity contribution in [1.82, 2.24) is 24.7 Å². The highest BCUT2D eigenvalue weighted by Gasteiger charge is 2.11.